The number of aryl methyl sites for hydroxylation is 1. The van der Waals surface area contributed by atoms with Gasteiger partial charge in [-0.2, -0.15) is 0 Å². The van der Waals surface area contributed by atoms with E-state index in [1.807, 2.05) is 37.3 Å². The summed E-state index contributed by atoms with van der Waals surface area (Å²) < 4.78 is 0. The highest BCUT2D eigenvalue weighted by Crippen LogP contribution is 2.39. The number of thiophene rings is 1. The fourth-order valence-corrected chi connectivity index (χ4v) is 6.11. The van der Waals surface area contributed by atoms with Crippen LogP contribution in [-0.4, -0.2) is 79.4 Å². The van der Waals surface area contributed by atoms with Gasteiger partial charge in [0.05, 0.1) is 23.0 Å². The van der Waals surface area contributed by atoms with E-state index < -0.39 is 6.04 Å². The lowest BCUT2D eigenvalue weighted by atomic mass is 10.1. The van der Waals surface area contributed by atoms with E-state index in [-0.39, 0.29) is 17.9 Å². The summed E-state index contributed by atoms with van der Waals surface area (Å²) in [6.45, 7) is 8.96. The van der Waals surface area contributed by atoms with E-state index in [0.717, 1.165) is 62.7 Å². The number of likely N-dealkylation sites (N-methyl/N-ethyl adjacent to an activating group) is 1. The molecule has 3 aromatic rings. The van der Waals surface area contributed by atoms with E-state index in [9.17, 15) is 4.79 Å². The molecule has 10 nitrogen and oxygen atoms in total. The van der Waals surface area contributed by atoms with E-state index in [1.54, 1.807) is 11.3 Å². The van der Waals surface area contributed by atoms with Gasteiger partial charge >= 0.3 is 0 Å². The molecular weight excluding hydrogens is 570 g/mol. The molecule has 1 amide bonds. The number of fused-ring (bicyclic) bond motifs is 2. The van der Waals surface area contributed by atoms with Crippen molar-refractivity contribution in [2.75, 3.05) is 45.1 Å². The van der Waals surface area contributed by atoms with Gasteiger partial charge in [-0.3, -0.25) is 9.79 Å². The van der Waals surface area contributed by atoms with E-state index in [2.05, 4.69) is 69.7 Å². The molecule has 0 unspecified atom stereocenters. The smallest absolute Gasteiger partial charge is 0.237 e. The summed E-state index contributed by atoms with van der Waals surface area (Å²) in [5.41, 5.74) is 20.9. The first-order chi connectivity index (χ1) is 21.2. The Balaban J connectivity index is 0.000000201. The number of hydrogen-bond donors (Lipinski definition) is 5. The Morgan fingerprint density at radius 1 is 1.07 bits per heavy atom. The van der Waals surface area contributed by atoms with Gasteiger partial charge in [-0.05, 0) is 70.3 Å². The van der Waals surface area contributed by atoms with Gasteiger partial charge in [-0.25, -0.2) is 4.99 Å². The van der Waals surface area contributed by atoms with Crippen LogP contribution in [-0.2, 0) is 11.2 Å². The van der Waals surface area contributed by atoms with Crippen LogP contribution in [0.2, 0.25) is 0 Å². The number of amidine groups is 1. The van der Waals surface area contributed by atoms with Gasteiger partial charge < -0.3 is 37.6 Å². The number of guanidine groups is 1. The lowest BCUT2D eigenvalue weighted by Crippen LogP contribution is -2.47. The Hall–Kier alpha value is -3.93. The zero-order valence-corrected chi connectivity index (χ0v) is 26.9. The summed E-state index contributed by atoms with van der Waals surface area (Å²) in [6, 6.07) is 20.2. The fourth-order valence-electron chi connectivity index (χ4n) is 5.19. The number of amides is 1. The summed E-state index contributed by atoms with van der Waals surface area (Å²) in [4.78, 5) is 27.0. The topological polar surface area (TPSA) is 150 Å². The highest BCUT2D eigenvalue weighted by atomic mass is 32.1. The van der Waals surface area contributed by atoms with Crippen LogP contribution >= 0.6 is 11.3 Å². The van der Waals surface area contributed by atoms with E-state index in [1.165, 1.54) is 21.0 Å². The summed E-state index contributed by atoms with van der Waals surface area (Å²) in [5.74, 6) is 1.10. The molecule has 2 aliphatic heterocycles. The minimum Gasteiger partial charge on any atom is -0.370 e. The molecule has 1 aromatic heterocycles. The summed E-state index contributed by atoms with van der Waals surface area (Å²) in [6.07, 6.45) is 3.06. The predicted molar refractivity (Wildman–Crippen MR) is 184 cm³/mol. The molecule has 3 heterocycles. The minimum atomic E-state index is -0.488. The maximum atomic E-state index is 12.0. The van der Waals surface area contributed by atoms with E-state index in [4.69, 9.17) is 22.2 Å². The molecule has 1 fully saturated rings. The minimum absolute atomic E-state index is 0.0580. The molecule has 11 heteroatoms. The Bertz CT molecular complexity index is 1410. The monoisotopic (exact) mass is 617 g/mol. The van der Waals surface area contributed by atoms with Crippen LogP contribution in [0, 0.1) is 6.92 Å². The van der Waals surface area contributed by atoms with Crippen LogP contribution in [0.15, 0.2) is 70.6 Å². The van der Waals surface area contributed by atoms with Crippen molar-refractivity contribution in [3.63, 3.8) is 0 Å². The van der Waals surface area contributed by atoms with Crippen molar-refractivity contribution >= 4 is 45.4 Å². The molecule has 0 saturated carbocycles. The van der Waals surface area contributed by atoms with Gasteiger partial charge in [-0.15, -0.1) is 11.3 Å². The third-order valence-electron chi connectivity index (χ3n) is 7.61. The van der Waals surface area contributed by atoms with Crippen LogP contribution in [0.1, 0.15) is 42.2 Å². The van der Waals surface area contributed by atoms with Crippen molar-refractivity contribution in [3.8, 4) is 0 Å². The maximum absolute atomic E-state index is 12.0. The number of nitrogens with zero attached hydrogens (tertiary/aromatic N) is 4. The number of carbonyl (C=O) groups excluding carboxylic acids is 1. The molecule has 1 saturated heterocycles. The van der Waals surface area contributed by atoms with Crippen molar-refractivity contribution < 1.29 is 4.79 Å². The van der Waals surface area contributed by atoms with Crippen LogP contribution in [0.25, 0.3) is 0 Å². The summed E-state index contributed by atoms with van der Waals surface area (Å²) in [5, 5.41) is 7.73. The molecule has 2 aromatic carbocycles. The number of carbonyl (C=O) groups is 1. The zero-order valence-electron chi connectivity index (χ0n) is 26.1. The Labute approximate surface area is 265 Å². The Morgan fingerprint density at radius 3 is 2.50 bits per heavy atom. The molecule has 2 aliphatic rings. The fraction of sp³-hybridized carbons (Fsp3) is 0.424. The SMILES string of the molecule is C[C@@H](Cc1ccccc1)NC(=O)[C@@H](N)CCCCN=C(N)N.Cc1cc2c(s1)Nc1ccccc1N=C2N1CCN(C)CC1. The first-order valence-corrected chi connectivity index (χ1v) is 16.2. The standard InChI is InChI=1S/C17H20N4S.C16H27N5O/c1-12-11-13-16(21-9-7-20(2)8-10-21)18-14-5-3-4-6-15(14)19-17(13)22-12;1-12(11-13-7-3-2-4-8-13)21-15(22)14(17)9-5-6-10-20-16(18)19/h3-6,11,19H,7-10H2,1-2H3;2-4,7-8,12,14H,5-6,9-11,17H2,1H3,(H,21,22)(H4,18,19,20)/t;12-,14-/m.0/s1. The first-order valence-electron chi connectivity index (χ1n) is 15.3. The molecule has 8 N–H and O–H groups in total. The van der Waals surface area contributed by atoms with Crippen molar-refractivity contribution in [2.24, 2.45) is 27.2 Å². The number of aliphatic imine (C=N–C) groups is 2. The highest BCUT2D eigenvalue weighted by molar-refractivity contribution is 7.16. The zero-order chi connectivity index (χ0) is 31.5. The van der Waals surface area contributed by atoms with Crippen molar-refractivity contribution in [1.82, 2.24) is 15.1 Å². The van der Waals surface area contributed by atoms with Crippen molar-refractivity contribution in [3.05, 3.63) is 76.7 Å². The van der Waals surface area contributed by atoms with Crippen LogP contribution < -0.4 is 27.8 Å². The van der Waals surface area contributed by atoms with Gasteiger partial charge in [0, 0.05) is 43.6 Å². The number of piperazine rings is 1. The second-order valence-electron chi connectivity index (χ2n) is 11.5. The second-order valence-corrected chi connectivity index (χ2v) is 12.7. The van der Waals surface area contributed by atoms with Crippen molar-refractivity contribution in [2.45, 2.75) is 51.6 Å². The van der Waals surface area contributed by atoms with Crippen molar-refractivity contribution in [1.29, 1.82) is 0 Å². The largest absolute Gasteiger partial charge is 0.370 e. The predicted octanol–water partition coefficient (Wildman–Crippen LogP) is 3.94. The molecule has 0 radical (unpaired) electrons. The van der Waals surface area contributed by atoms with Gasteiger partial charge in [0.2, 0.25) is 5.91 Å². The number of anilines is 2. The van der Waals surface area contributed by atoms with Gasteiger partial charge in [0.1, 0.15) is 10.8 Å². The molecule has 0 bridgehead atoms. The van der Waals surface area contributed by atoms with Gasteiger partial charge in [-0.1, -0.05) is 42.5 Å². The number of nitrogens with one attached hydrogen (secondary N) is 2. The number of rotatable bonds is 9. The van der Waals surface area contributed by atoms with Crippen LogP contribution in [0.3, 0.4) is 0 Å². The molecule has 0 spiro atoms. The molecule has 0 aliphatic carbocycles. The molecule has 44 heavy (non-hydrogen) atoms. The van der Waals surface area contributed by atoms with Gasteiger partial charge in [0.15, 0.2) is 5.96 Å². The second kappa shape index (κ2) is 16.2. The highest BCUT2D eigenvalue weighted by Gasteiger charge is 2.25. The number of hydrogen-bond acceptors (Lipinski definition) is 8. The third-order valence-corrected chi connectivity index (χ3v) is 8.57. The third kappa shape index (κ3) is 9.80. The van der Waals surface area contributed by atoms with Crippen LogP contribution in [0.4, 0.5) is 16.4 Å². The Morgan fingerprint density at radius 2 is 1.77 bits per heavy atom. The van der Waals surface area contributed by atoms with E-state index >= 15 is 0 Å². The maximum Gasteiger partial charge on any atom is 0.237 e. The van der Waals surface area contributed by atoms with Crippen LogP contribution in [0.5, 0.6) is 0 Å². The average molecular weight is 618 g/mol. The molecular formula is C33H47N9OS. The molecule has 5 rings (SSSR count). The normalized spacial score (nSPS) is 15.6. The molecule has 2 atom stereocenters. The Kier molecular flexibility index (Phi) is 12.2. The molecule has 236 valence electrons. The van der Waals surface area contributed by atoms with E-state index in [0.29, 0.717) is 13.0 Å². The van der Waals surface area contributed by atoms with Gasteiger partial charge in [0.25, 0.3) is 0 Å². The lowest BCUT2D eigenvalue weighted by molar-refractivity contribution is -0.123. The number of nitrogens with two attached hydrogens (primary N) is 3. The first kappa shape index (κ1) is 33.0. The lowest BCUT2D eigenvalue weighted by Gasteiger charge is -2.34. The quantitative estimate of drug-likeness (QED) is 0.139. The average Bonchev–Trinajstić information content (AvgIpc) is 3.29. The number of benzene rings is 2. The summed E-state index contributed by atoms with van der Waals surface area (Å²) >= 11 is 1.81. The summed E-state index contributed by atoms with van der Waals surface area (Å²) in [7, 11) is 2.18. The number of unbranched alkanes of at least 4 members (excludes halogenated alkanes) is 1. The number of para-hydroxylation sites is 2.